The maximum Gasteiger partial charge on any atom is 0.127 e. The van der Waals surface area contributed by atoms with Crippen molar-refractivity contribution in [2.75, 3.05) is 0 Å². The first kappa shape index (κ1) is 16.5. The Bertz CT molecular complexity index is 844. The Hall–Kier alpha value is -3.00. The molecule has 2 atom stereocenters. The summed E-state index contributed by atoms with van der Waals surface area (Å²) in [6, 6.07) is 19.9. The minimum absolute atomic E-state index is 0.112. The van der Waals surface area contributed by atoms with Gasteiger partial charge in [0.05, 0.1) is 0 Å². The fraction of sp³-hybridized carbons (Fsp3) is 0.167. The van der Waals surface area contributed by atoms with Gasteiger partial charge < -0.3 is 9.47 Å². The van der Waals surface area contributed by atoms with Gasteiger partial charge in [0.2, 0.25) is 0 Å². The number of rotatable bonds is 5. The van der Waals surface area contributed by atoms with Crippen molar-refractivity contribution in [2.24, 2.45) is 5.92 Å². The lowest BCUT2D eigenvalue weighted by Crippen LogP contribution is -2.16. The van der Waals surface area contributed by atoms with Crippen LogP contribution in [0.4, 0.5) is 0 Å². The molecule has 2 aliphatic carbocycles. The number of ether oxygens (including phenoxy) is 2. The Kier molecular flexibility index (Phi) is 5.02. The van der Waals surface area contributed by atoms with E-state index in [1.165, 1.54) is 5.57 Å². The van der Waals surface area contributed by atoms with Gasteiger partial charge in [-0.15, -0.1) is 0 Å². The first-order valence-corrected chi connectivity index (χ1v) is 9.08. The third-order valence-corrected chi connectivity index (χ3v) is 4.59. The fourth-order valence-corrected chi connectivity index (χ4v) is 3.20. The number of hydrogen-bond acceptors (Lipinski definition) is 2. The zero-order chi connectivity index (χ0) is 17.6. The highest BCUT2D eigenvalue weighted by atomic mass is 16.5. The maximum atomic E-state index is 5.99. The van der Waals surface area contributed by atoms with Crippen molar-refractivity contribution in [3.8, 4) is 11.5 Å². The van der Waals surface area contributed by atoms with Crippen LogP contribution >= 0.6 is 0 Å². The molecule has 2 heteroatoms. The molecule has 4 rings (SSSR count). The lowest BCUT2D eigenvalue weighted by molar-refractivity contribution is 0.250. The molecule has 0 fully saturated rings. The van der Waals surface area contributed by atoms with Gasteiger partial charge in [0.25, 0.3) is 0 Å². The van der Waals surface area contributed by atoms with Crippen LogP contribution in [0.15, 0.2) is 108 Å². The van der Waals surface area contributed by atoms with Crippen molar-refractivity contribution in [2.45, 2.75) is 18.9 Å². The summed E-state index contributed by atoms with van der Waals surface area (Å²) < 4.78 is 11.9. The second-order valence-corrected chi connectivity index (χ2v) is 6.49. The van der Waals surface area contributed by atoms with Crippen LogP contribution in [0.1, 0.15) is 12.8 Å². The van der Waals surface area contributed by atoms with Crippen molar-refractivity contribution in [3.63, 3.8) is 0 Å². The van der Waals surface area contributed by atoms with Crippen LogP contribution in [0.5, 0.6) is 11.5 Å². The highest BCUT2D eigenvalue weighted by Crippen LogP contribution is 2.29. The van der Waals surface area contributed by atoms with Crippen molar-refractivity contribution < 1.29 is 9.47 Å². The van der Waals surface area contributed by atoms with E-state index in [4.69, 9.17) is 9.47 Å². The van der Waals surface area contributed by atoms with Gasteiger partial charge in [-0.05, 0) is 54.5 Å². The van der Waals surface area contributed by atoms with Gasteiger partial charge in [0.1, 0.15) is 23.4 Å². The highest BCUT2D eigenvalue weighted by molar-refractivity contribution is 5.36. The SMILES string of the molecule is C1=CC(C2=CCC(Oc3ccccc3)C=C2)CC=C1Oc1ccccc1. The summed E-state index contributed by atoms with van der Waals surface area (Å²) in [6.45, 7) is 0. The molecule has 0 aliphatic heterocycles. The van der Waals surface area contributed by atoms with E-state index in [2.05, 4.69) is 36.5 Å². The number of allylic oxidation sites excluding steroid dienone is 5. The van der Waals surface area contributed by atoms with E-state index < -0.39 is 0 Å². The molecule has 0 saturated heterocycles. The predicted octanol–water partition coefficient (Wildman–Crippen LogP) is 5.86. The molecule has 0 heterocycles. The summed E-state index contributed by atoms with van der Waals surface area (Å²) >= 11 is 0. The van der Waals surface area contributed by atoms with Crippen LogP contribution in [0.25, 0.3) is 0 Å². The summed E-state index contributed by atoms with van der Waals surface area (Å²) in [5.41, 5.74) is 1.35. The molecule has 2 nitrogen and oxygen atoms in total. The fourth-order valence-electron chi connectivity index (χ4n) is 3.20. The van der Waals surface area contributed by atoms with Crippen LogP contribution in [-0.2, 0) is 0 Å². The highest BCUT2D eigenvalue weighted by Gasteiger charge is 2.17. The van der Waals surface area contributed by atoms with Gasteiger partial charge in [-0.2, -0.15) is 0 Å². The van der Waals surface area contributed by atoms with Crippen molar-refractivity contribution >= 4 is 0 Å². The Morgan fingerprint density at radius 1 is 0.692 bits per heavy atom. The van der Waals surface area contributed by atoms with Crippen molar-refractivity contribution in [1.29, 1.82) is 0 Å². The number of para-hydroxylation sites is 2. The molecule has 0 radical (unpaired) electrons. The predicted molar refractivity (Wildman–Crippen MR) is 105 cm³/mol. The van der Waals surface area contributed by atoms with E-state index >= 15 is 0 Å². The molecule has 2 aliphatic rings. The standard InChI is InChI=1S/C24H22O2/c1-3-7-21(8-4-1)25-23-15-11-19(12-16-23)20-13-17-24(18-14-20)26-22-9-5-2-6-10-22/h1-13,15,17-18,20,23H,14,16H2. The van der Waals surface area contributed by atoms with E-state index in [-0.39, 0.29) is 6.10 Å². The van der Waals surface area contributed by atoms with Gasteiger partial charge in [-0.1, -0.05) is 54.6 Å². The van der Waals surface area contributed by atoms with Gasteiger partial charge >= 0.3 is 0 Å². The summed E-state index contributed by atoms with van der Waals surface area (Å²) in [6.07, 6.45) is 15.1. The summed E-state index contributed by atoms with van der Waals surface area (Å²) in [4.78, 5) is 0. The molecule has 2 aromatic carbocycles. The zero-order valence-electron chi connectivity index (χ0n) is 14.6. The Morgan fingerprint density at radius 3 is 2.04 bits per heavy atom. The van der Waals surface area contributed by atoms with Crippen LogP contribution in [0.3, 0.4) is 0 Å². The number of hydrogen-bond donors (Lipinski definition) is 0. The molecular formula is C24H22O2. The minimum Gasteiger partial charge on any atom is -0.486 e. The second-order valence-electron chi connectivity index (χ2n) is 6.49. The first-order chi connectivity index (χ1) is 12.9. The molecule has 2 aromatic rings. The van der Waals surface area contributed by atoms with E-state index in [9.17, 15) is 0 Å². The monoisotopic (exact) mass is 342 g/mol. The topological polar surface area (TPSA) is 18.5 Å². The minimum atomic E-state index is 0.112. The molecular weight excluding hydrogens is 320 g/mol. The Balaban J connectivity index is 1.31. The molecule has 26 heavy (non-hydrogen) atoms. The average Bonchev–Trinajstić information content (AvgIpc) is 2.71. The Labute approximate surface area is 154 Å². The van der Waals surface area contributed by atoms with Crippen molar-refractivity contribution in [1.82, 2.24) is 0 Å². The maximum absolute atomic E-state index is 5.99. The quantitative estimate of drug-likeness (QED) is 0.677. The third kappa shape index (κ3) is 4.15. The van der Waals surface area contributed by atoms with E-state index in [1.807, 2.05) is 60.7 Å². The van der Waals surface area contributed by atoms with E-state index in [1.54, 1.807) is 0 Å². The number of benzene rings is 2. The van der Waals surface area contributed by atoms with Gasteiger partial charge in [0.15, 0.2) is 0 Å². The molecule has 0 aromatic heterocycles. The van der Waals surface area contributed by atoms with Crippen LogP contribution in [0, 0.1) is 5.92 Å². The van der Waals surface area contributed by atoms with Crippen LogP contribution in [0.2, 0.25) is 0 Å². The largest absolute Gasteiger partial charge is 0.486 e. The smallest absolute Gasteiger partial charge is 0.127 e. The van der Waals surface area contributed by atoms with E-state index in [0.29, 0.717) is 5.92 Å². The lowest BCUT2D eigenvalue weighted by atomic mass is 9.88. The zero-order valence-corrected chi connectivity index (χ0v) is 14.6. The van der Waals surface area contributed by atoms with E-state index in [0.717, 1.165) is 30.1 Å². The van der Waals surface area contributed by atoms with Crippen LogP contribution < -0.4 is 9.47 Å². The molecule has 0 spiro atoms. The molecule has 0 bridgehead atoms. The van der Waals surface area contributed by atoms with Crippen molar-refractivity contribution in [3.05, 3.63) is 108 Å². The molecule has 0 saturated carbocycles. The summed E-state index contributed by atoms with van der Waals surface area (Å²) in [5, 5.41) is 0. The lowest BCUT2D eigenvalue weighted by Gasteiger charge is -2.23. The van der Waals surface area contributed by atoms with Crippen LogP contribution in [-0.4, -0.2) is 6.10 Å². The van der Waals surface area contributed by atoms with Gasteiger partial charge in [0, 0.05) is 12.3 Å². The summed E-state index contributed by atoms with van der Waals surface area (Å²) in [7, 11) is 0. The third-order valence-electron chi connectivity index (χ3n) is 4.59. The first-order valence-electron chi connectivity index (χ1n) is 9.08. The van der Waals surface area contributed by atoms with Gasteiger partial charge in [-0.25, -0.2) is 0 Å². The molecule has 0 N–H and O–H groups in total. The summed E-state index contributed by atoms with van der Waals surface area (Å²) in [5.74, 6) is 3.12. The molecule has 130 valence electrons. The Morgan fingerprint density at radius 2 is 1.42 bits per heavy atom. The second kappa shape index (κ2) is 7.92. The average molecular weight is 342 g/mol. The molecule has 2 unspecified atom stereocenters. The molecule has 0 amide bonds. The normalized spacial score (nSPS) is 21.7. The van der Waals surface area contributed by atoms with Gasteiger partial charge in [-0.3, -0.25) is 0 Å².